The molecule has 3 nitrogen and oxygen atoms in total. The normalized spacial score (nSPS) is 18.8. The molecule has 0 fully saturated rings. The molecule has 0 bridgehead atoms. The van der Waals surface area contributed by atoms with Crippen LogP contribution in [0.2, 0.25) is 0 Å². The van der Waals surface area contributed by atoms with Crippen molar-refractivity contribution < 1.29 is 4.42 Å². The highest BCUT2D eigenvalue weighted by atomic mass is 16.3. The fraction of sp³-hybridized carbons (Fsp3) is 0.172. The first-order chi connectivity index (χ1) is 29.7. The van der Waals surface area contributed by atoms with Crippen molar-refractivity contribution in [2.24, 2.45) is 5.92 Å². The highest BCUT2D eigenvalue weighted by Gasteiger charge is 2.49. The molecule has 0 saturated heterocycles. The fourth-order valence-electron chi connectivity index (χ4n) is 10.9. The van der Waals surface area contributed by atoms with Gasteiger partial charge < -0.3 is 4.42 Å². The van der Waals surface area contributed by atoms with Gasteiger partial charge in [-0.05, 0) is 104 Å². The second-order valence-electron chi connectivity index (χ2n) is 18.5. The third-order valence-corrected chi connectivity index (χ3v) is 14.3. The highest BCUT2D eigenvalue weighted by Crippen LogP contribution is 2.60. The Bertz CT molecular complexity index is 3190. The molecule has 0 spiro atoms. The standard InChI is InChI=1S/C58H46N2O/c1-57(2)48-19-10-8-17-42(48)46-32-51-47(33-50(46)57)43-27-25-39(30-49(43)58(51,3)4)36-23-21-35(22-24-36)38-15-12-16-40(29-38)52-34-53(60-56(59-52)37-13-6-5-7-14-37)41-26-28-45-44-18-9-11-20-54(44)61-55(45)31-41/h5-10,12-19,21-34,46,50H,11,20H2,1-4H3. The zero-order valence-electron chi connectivity index (χ0n) is 35.0. The van der Waals surface area contributed by atoms with E-state index in [4.69, 9.17) is 14.4 Å². The highest BCUT2D eigenvalue weighted by molar-refractivity contribution is 5.94. The van der Waals surface area contributed by atoms with Crippen molar-refractivity contribution >= 4 is 22.6 Å². The molecule has 0 N–H and O–H groups in total. The molecule has 294 valence electrons. The molecule has 6 aromatic carbocycles. The molecular formula is C58H46N2O. The first-order valence-electron chi connectivity index (χ1n) is 21.8. The number of aromatic nitrogens is 2. The summed E-state index contributed by atoms with van der Waals surface area (Å²) in [5.41, 5.74) is 20.4. The number of aryl methyl sites for hydroxylation is 1. The lowest BCUT2D eigenvalue weighted by Crippen LogP contribution is -2.27. The Morgan fingerprint density at radius 3 is 2.05 bits per heavy atom. The molecule has 2 atom stereocenters. The van der Waals surface area contributed by atoms with Crippen molar-refractivity contribution in [3.8, 4) is 56.2 Å². The van der Waals surface area contributed by atoms with Gasteiger partial charge in [-0.2, -0.15) is 0 Å². The zero-order valence-corrected chi connectivity index (χ0v) is 35.0. The van der Waals surface area contributed by atoms with Crippen LogP contribution in [0.4, 0.5) is 0 Å². The van der Waals surface area contributed by atoms with Gasteiger partial charge in [0, 0.05) is 45.4 Å². The summed E-state index contributed by atoms with van der Waals surface area (Å²) < 4.78 is 6.36. The van der Waals surface area contributed by atoms with Crippen LogP contribution in [0.15, 0.2) is 174 Å². The van der Waals surface area contributed by atoms with Gasteiger partial charge in [-0.3, -0.25) is 0 Å². The topological polar surface area (TPSA) is 38.9 Å². The molecule has 12 rings (SSSR count). The Morgan fingerprint density at radius 1 is 0.574 bits per heavy atom. The molecule has 0 amide bonds. The van der Waals surface area contributed by atoms with Gasteiger partial charge in [0.15, 0.2) is 5.82 Å². The van der Waals surface area contributed by atoms with Gasteiger partial charge in [0.1, 0.15) is 11.3 Å². The molecule has 61 heavy (non-hydrogen) atoms. The van der Waals surface area contributed by atoms with Gasteiger partial charge in [0.05, 0.1) is 11.4 Å². The number of hydrogen-bond acceptors (Lipinski definition) is 3. The van der Waals surface area contributed by atoms with E-state index in [-0.39, 0.29) is 10.8 Å². The number of hydrogen-bond donors (Lipinski definition) is 0. The second kappa shape index (κ2) is 13.3. The van der Waals surface area contributed by atoms with Gasteiger partial charge in [-0.1, -0.05) is 167 Å². The predicted octanol–water partition coefficient (Wildman–Crippen LogP) is 14.8. The molecule has 3 heteroatoms. The summed E-state index contributed by atoms with van der Waals surface area (Å²) >= 11 is 0. The first kappa shape index (κ1) is 36.0. The van der Waals surface area contributed by atoms with Crippen LogP contribution in [0.5, 0.6) is 0 Å². The summed E-state index contributed by atoms with van der Waals surface area (Å²) in [6, 6.07) is 52.9. The Kier molecular flexibility index (Phi) is 7.88. The van der Waals surface area contributed by atoms with Crippen molar-refractivity contribution in [2.75, 3.05) is 0 Å². The van der Waals surface area contributed by atoms with Crippen LogP contribution in [0.3, 0.4) is 0 Å². The molecule has 0 saturated carbocycles. The van der Waals surface area contributed by atoms with Crippen LogP contribution in [0, 0.1) is 5.92 Å². The lowest BCUT2D eigenvalue weighted by molar-refractivity contribution is 0.393. The van der Waals surface area contributed by atoms with Gasteiger partial charge in [-0.15, -0.1) is 0 Å². The molecule has 4 aliphatic rings. The molecule has 4 aliphatic carbocycles. The van der Waals surface area contributed by atoms with Crippen molar-refractivity contribution in [2.45, 2.75) is 57.3 Å². The van der Waals surface area contributed by atoms with E-state index >= 15 is 0 Å². The number of benzene rings is 6. The van der Waals surface area contributed by atoms with Crippen LogP contribution in [0.1, 0.15) is 73.6 Å². The summed E-state index contributed by atoms with van der Waals surface area (Å²) in [5, 5.41) is 1.15. The monoisotopic (exact) mass is 786 g/mol. The van der Waals surface area contributed by atoms with E-state index in [1.54, 1.807) is 0 Å². The Morgan fingerprint density at radius 2 is 1.25 bits per heavy atom. The molecule has 8 aromatic rings. The average Bonchev–Trinajstić information content (AvgIpc) is 3.87. The maximum atomic E-state index is 6.36. The Balaban J connectivity index is 0.866. The van der Waals surface area contributed by atoms with Crippen molar-refractivity contribution in [3.63, 3.8) is 0 Å². The molecular weight excluding hydrogens is 741 g/mol. The third-order valence-electron chi connectivity index (χ3n) is 14.3. The smallest absolute Gasteiger partial charge is 0.160 e. The predicted molar refractivity (Wildman–Crippen MR) is 251 cm³/mol. The quantitative estimate of drug-likeness (QED) is 0.174. The summed E-state index contributed by atoms with van der Waals surface area (Å²) in [4.78, 5) is 10.3. The third kappa shape index (κ3) is 5.63. The van der Waals surface area contributed by atoms with E-state index in [1.165, 1.54) is 55.7 Å². The minimum Gasteiger partial charge on any atom is -0.460 e. The minimum absolute atomic E-state index is 0.0754. The number of furan rings is 1. The molecule has 2 unspecified atom stereocenters. The largest absolute Gasteiger partial charge is 0.460 e. The van der Waals surface area contributed by atoms with Crippen LogP contribution >= 0.6 is 0 Å². The Labute approximate surface area is 357 Å². The lowest BCUT2D eigenvalue weighted by Gasteiger charge is -2.33. The van der Waals surface area contributed by atoms with E-state index in [0.29, 0.717) is 17.7 Å². The number of fused-ring (bicyclic) bond motifs is 9. The summed E-state index contributed by atoms with van der Waals surface area (Å²) in [6.45, 7) is 9.68. The maximum Gasteiger partial charge on any atom is 0.160 e. The van der Waals surface area contributed by atoms with Crippen LogP contribution in [0.25, 0.3) is 78.8 Å². The second-order valence-corrected chi connectivity index (χ2v) is 18.5. The number of allylic oxidation sites excluding steroid dienone is 5. The molecule has 2 heterocycles. The summed E-state index contributed by atoms with van der Waals surface area (Å²) in [5.74, 6) is 2.65. The van der Waals surface area contributed by atoms with E-state index in [0.717, 1.165) is 63.2 Å². The van der Waals surface area contributed by atoms with Crippen LogP contribution in [-0.4, -0.2) is 9.97 Å². The summed E-state index contributed by atoms with van der Waals surface area (Å²) in [7, 11) is 0. The van der Waals surface area contributed by atoms with Crippen LogP contribution in [-0.2, 0) is 17.3 Å². The molecule has 0 aliphatic heterocycles. The van der Waals surface area contributed by atoms with Crippen molar-refractivity contribution in [1.29, 1.82) is 0 Å². The van der Waals surface area contributed by atoms with Crippen molar-refractivity contribution in [3.05, 3.63) is 203 Å². The Hall–Kier alpha value is -6.84. The van der Waals surface area contributed by atoms with Gasteiger partial charge in [-0.25, -0.2) is 9.97 Å². The zero-order chi connectivity index (χ0) is 41.0. The van der Waals surface area contributed by atoms with Gasteiger partial charge in [0.25, 0.3) is 0 Å². The van der Waals surface area contributed by atoms with Crippen LogP contribution < -0.4 is 0 Å². The van der Waals surface area contributed by atoms with Gasteiger partial charge >= 0.3 is 0 Å². The van der Waals surface area contributed by atoms with E-state index in [2.05, 4.69) is 179 Å². The lowest BCUT2D eigenvalue weighted by atomic mass is 9.70. The minimum atomic E-state index is -0.0754. The number of nitrogens with zero attached hydrogens (tertiary/aromatic N) is 2. The average molecular weight is 787 g/mol. The van der Waals surface area contributed by atoms with Gasteiger partial charge in [0.2, 0.25) is 0 Å². The van der Waals surface area contributed by atoms with E-state index in [1.807, 2.05) is 18.2 Å². The molecule has 0 radical (unpaired) electrons. The fourth-order valence-corrected chi connectivity index (χ4v) is 10.9. The van der Waals surface area contributed by atoms with E-state index in [9.17, 15) is 0 Å². The first-order valence-corrected chi connectivity index (χ1v) is 21.8. The summed E-state index contributed by atoms with van der Waals surface area (Å²) in [6.07, 6.45) is 11.6. The van der Waals surface area contributed by atoms with E-state index < -0.39 is 0 Å². The number of rotatable bonds is 5. The maximum absolute atomic E-state index is 6.36. The SMILES string of the molecule is CC1(C)C2=CC3c4ccccc4C(C)(C)C3C=C2c2ccc(-c3ccc(-c4cccc(-c5cc(-c6ccc7c8c(oc7c6)CCC=C8)nc(-c6ccccc6)n5)c4)cc3)cc21. The van der Waals surface area contributed by atoms with Crippen molar-refractivity contribution in [1.82, 2.24) is 9.97 Å². The molecule has 2 aromatic heterocycles.